The number of rotatable bonds is 4. The van der Waals surface area contributed by atoms with Crippen molar-refractivity contribution < 1.29 is 4.74 Å². The Kier molecular flexibility index (Phi) is 4.55. The van der Waals surface area contributed by atoms with Gasteiger partial charge in [0.1, 0.15) is 23.8 Å². The Hall–Kier alpha value is -2.44. The first kappa shape index (κ1) is 15.5. The van der Waals surface area contributed by atoms with Gasteiger partial charge in [-0.1, -0.05) is 0 Å². The Morgan fingerprint density at radius 1 is 0.957 bits per heavy atom. The van der Waals surface area contributed by atoms with Gasteiger partial charge in [0.05, 0.1) is 6.61 Å². The molecule has 0 saturated carbocycles. The fourth-order valence-corrected chi connectivity index (χ4v) is 2.75. The third-order valence-corrected chi connectivity index (χ3v) is 3.80. The normalized spacial score (nSPS) is 14.9. The lowest BCUT2D eigenvalue weighted by Crippen LogP contribution is -2.47. The third-order valence-electron chi connectivity index (χ3n) is 3.80. The topological polar surface area (TPSA) is 67.3 Å². The number of aromatic nitrogens is 4. The van der Waals surface area contributed by atoms with Gasteiger partial charge < -0.3 is 14.5 Å². The molecule has 2 aromatic rings. The predicted molar refractivity (Wildman–Crippen MR) is 89.1 cm³/mol. The zero-order chi connectivity index (χ0) is 16.2. The molecule has 0 N–H and O–H groups in total. The van der Waals surface area contributed by atoms with Gasteiger partial charge in [-0.05, 0) is 20.8 Å². The highest BCUT2D eigenvalue weighted by molar-refractivity contribution is 5.46. The van der Waals surface area contributed by atoms with E-state index >= 15 is 0 Å². The highest BCUT2D eigenvalue weighted by atomic mass is 16.5. The maximum Gasteiger partial charge on any atom is 0.218 e. The van der Waals surface area contributed by atoms with Crippen LogP contribution in [0.25, 0.3) is 0 Å². The van der Waals surface area contributed by atoms with Crippen molar-refractivity contribution in [3.05, 3.63) is 30.0 Å². The van der Waals surface area contributed by atoms with Gasteiger partial charge in [-0.15, -0.1) is 0 Å². The van der Waals surface area contributed by atoms with Crippen LogP contribution in [0.4, 0.5) is 11.6 Å². The summed E-state index contributed by atoms with van der Waals surface area (Å²) in [6.45, 7) is 10.1. The SMILES string of the molecule is CCOc1cc(N2CCN(c3cc(C)nc(C)n3)CC2)ncn1. The van der Waals surface area contributed by atoms with E-state index in [4.69, 9.17) is 4.74 Å². The van der Waals surface area contributed by atoms with Crippen LogP contribution in [-0.4, -0.2) is 52.7 Å². The van der Waals surface area contributed by atoms with Crippen molar-refractivity contribution in [3.8, 4) is 5.88 Å². The van der Waals surface area contributed by atoms with Crippen LogP contribution in [-0.2, 0) is 0 Å². The summed E-state index contributed by atoms with van der Waals surface area (Å²) in [5.41, 5.74) is 1.01. The third kappa shape index (κ3) is 3.67. The molecule has 0 aromatic carbocycles. The van der Waals surface area contributed by atoms with Gasteiger partial charge in [-0.25, -0.2) is 19.9 Å². The second-order valence-corrected chi connectivity index (χ2v) is 5.54. The van der Waals surface area contributed by atoms with Crippen molar-refractivity contribution >= 4 is 11.6 Å². The molecule has 0 radical (unpaired) electrons. The van der Waals surface area contributed by atoms with E-state index < -0.39 is 0 Å². The Balaban J connectivity index is 1.67. The molecule has 122 valence electrons. The van der Waals surface area contributed by atoms with Crippen LogP contribution in [0.2, 0.25) is 0 Å². The lowest BCUT2D eigenvalue weighted by Gasteiger charge is -2.36. The Morgan fingerprint density at radius 2 is 1.65 bits per heavy atom. The standard InChI is InChI=1S/C16H22N6O/c1-4-23-16-10-14(17-11-18-16)21-5-7-22(8-6-21)15-9-12(2)19-13(3)20-15/h9-11H,4-8H2,1-3H3. The highest BCUT2D eigenvalue weighted by Gasteiger charge is 2.20. The lowest BCUT2D eigenvalue weighted by atomic mass is 10.3. The summed E-state index contributed by atoms with van der Waals surface area (Å²) in [6, 6.07) is 3.94. The Morgan fingerprint density at radius 3 is 2.30 bits per heavy atom. The van der Waals surface area contributed by atoms with E-state index in [2.05, 4.69) is 29.7 Å². The summed E-state index contributed by atoms with van der Waals surface area (Å²) in [5.74, 6) is 3.37. The average molecular weight is 314 g/mol. The zero-order valence-electron chi connectivity index (χ0n) is 13.9. The number of hydrogen-bond donors (Lipinski definition) is 0. The number of piperazine rings is 1. The summed E-state index contributed by atoms with van der Waals surface area (Å²) < 4.78 is 5.45. The molecule has 3 heterocycles. The van der Waals surface area contributed by atoms with Crippen molar-refractivity contribution in [1.29, 1.82) is 0 Å². The lowest BCUT2D eigenvalue weighted by molar-refractivity contribution is 0.326. The smallest absolute Gasteiger partial charge is 0.218 e. The monoisotopic (exact) mass is 314 g/mol. The molecule has 0 bridgehead atoms. The average Bonchev–Trinajstić information content (AvgIpc) is 2.55. The number of hydrogen-bond acceptors (Lipinski definition) is 7. The van der Waals surface area contributed by atoms with Gasteiger partial charge in [0.15, 0.2) is 0 Å². The first-order chi connectivity index (χ1) is 11.2. The molecular formula is C16H22N6O. The summed E-state index contributed by atoms with van der Waals surface area (Å²) in [6.07, 6.45) is 1.56. The maximum atomic E-state index is 5.45. The summed E-state index contributed by atoms with van der Waals surface area (Å²) in [4.78, 5) is 21.9. The summed E-state index contributed by atoms with van der Waals surface area (Å²) in [7, 11) is 0. The van der Waals surface area contributed by atoms with Crippen molar-refractivity contribution in [1.82, 2.24) is 19.9 Å². The van der Waals surface area contributed by atoms with Crippen molar-refractivity contribution in [3.63, 3.8) is 0 Å². The molecule has 1 fully saturated rings. The van der Waals surface area contributed by atoms with Crippen LogP contribution < -0.4 is 14.5 Å². The fourth-order valence-electron chi connectivity index (χ4n) is 2.75. The second-order valence-electron chi connectivity index (χ2n) is 5.54. The second kappa shape index (κ2) is 6.76. The van der Waals surface area contributed by atoms with Gasteiger partial charge in [0.2, 0.25) is 5.88 Å². The molecule has 0 unspecified atom stereocenters. The molecular weight excluding hydrogens is 292 g/mol. The highest BCUT2D eigenvalue weighted by Crippen LogP contribution is 2.20. The molecule has 1 aliphatic heterocycles. The van der Waals surface area contributed by atoms with Gasteiger partial charge in [0.25, 0.3) is 0 Å². The molecule has 0 spiro atoms. The number of aryl methyl sites for hydroxylation is 2. The largest absolute Gasteiger partial charge is 0.478 e. The van der Waals surface area contributed by atoms with E-state index in [9.17, 15) is 0 Å². The van der Waals surface area contributed by atoms with Crippen LogP contribution in [0.15, 0.2) is 18.5 Å². The van der Waals surface area contributed by atoms with Crippen LogP contribution in [0.5, 0.6) is 5.88 Å². The molecule has 0 amide bonds. The first-order valence-electron chi connectivity index (χ1n) is 7.92. The minimum absolute atomic E-state index is 0.608. The summed E-state index contributed by atoms with van der Waals surface area (Å²) in [5, 5.41) is 0. The van der Waals surface area contributed by atoms with Crippen LogP contribution in [0.3, 0.4) is 0 Å². The van der Waals surface area contributed by atoms with Crippen molar-refractivity contribution in [2.24, 2.45) is 0 Å². The Bertz CT molecular complexity index is 649. The first-order valence-corrected chi connectivity index (χ1v) is 7.92. The molecule has 0 aliphatic carbocycles. The van der Waals surface area contributed by atoms with Crippen LogP contribution >= 0.6 is 0 Å². The molecule has 3 rings (SSSR count). The van der Waals surface area contributed by atoms with E-state index in [-0.39, 0.29) is 0 Å². The molecule has 0 atom stereocenters. The molecule has 7 nitrogen and oxygen atoms in total. The van der Waals surface area contributed by atoms with Gasteiger partial charge >= 0.3 is 0 Å². The molecule has 1 aliphatic rings. The Labute approximate surface area is 136 Å². The maximum absolute atomic E-state index is 5.45. The number of nitrogens with zero attached hydrogens (tertiary/aromatic N) is 6. The molecule has 1 saturated heterocycles. The zero-order valence-corrected chi connectivity index (χ0v) is 13.9. The molecule has 2 aromatic heterocycles. The molecule has 7 heteroatoms. The van der Waals surface area contributed by atoms with Crippen molar-refractivity contribution in [2.45, 2.75) is 20.8 Å². The quantitative estimate of drug-likeness (QED) is 0.849. The van der Waals surface area contributed by atoms with E-state index in [1.807, 2.05) is 32.9 Å². The van der Waals surface area contributed by atoms with Gasteiger partial charge in [-0.3, -0.25) is 0 Å². The van der Waals surface area contributed by atoms with Crippen LogP contribution in [0, 0.1) is 13.8 Å². The number of ether oxygens (including phenoxy) is 1. The van der Waals surface area contributed by atoms with Crippen LogP contribution in [0.1, 0.15) is 18.4 Å². The van der Waals surface area contributed by atoms with E-state index in [1.54, 1.807) is 6.33 Å². The minimum atomic E-state index is 0.608. The molecule has 23 heavy (non-hydrogen) atoms. The van der Waals surface area contributed by atoms with Gasteiger partial charge in [0, 0.05) is 44.0 Å². The summed E-state index contributed by atoms with van der Waals surface area (Å²) >= 11 is 0. The van der Waals surface area contributed by atoms with Gasteiger partial charge in [-0.2, -0.15) is 0 Å². The van der Waals surface area contributed by atoms with E-state index in [0.717, 1.165) is 49.3 Å². The number of anilines is 2. The van der Waals surface area contributed by atoms with E-state index in [1.165, 1.54) is 0 Å². The predicted octanol–water partition coefficient (Wildman–Crippen LogP) is 1.61. The fraction of sp³-hybridized carbons (Fsp3) is 0.500. The van der Waals surface area contributed by atoms with E-state index in [0.29, 0.717) is 12.5 Å². The van der Waals surface area contributed by atoms with Crippen molar-refractivity contribution in [2.75, 3.05) is 42.6 Å². The minimum Gasteiger partial charge on any atom is -0.478 e.